The molecule has 0 unspecified atom stereocenters. The van der Waals surface area contributed by atoms with Crippen LogP contribution in [-0.2, 0) is 16.0 Å². The fourth-order valence-corrected chi connectivity index (χ4v) is 3.08. The van der Waals surface area contributed by atoms with Crippen LogP contribution in [0.25, 0.3) is 10.9 Å². The number of hydrogen-bond donors (Lipinski definition) is 3. The van der Waals surface area contributed by atoms with Gasteiger partial charge in [0.15, 0.2) is 12.4 Å². The fraction of sp³-hybridized carbons (Fsp3) is 0.158. The molecule has 3 aromatic rings. The molecule has 1 aromatic heterocycles. The van der Waals surface area contributed by atoms with Crippen molar-refractivity contribution in [2.24, 2.45) is 0 Å². The molecule has 6 nitrogen and oxygen atoms in total. The van der Waals surface area contributed by atoms with Crippen molar-refractivity contribution in [3.63, 3.8) is 0 Å². The molecule has 0 saturated heterocycles. The quantitative estimate of drug-likeness (QED) is 0.688. The summed E-state index contributed by atoms with van der Waals surface area (Å²) >= 11 is 0. The minimum atomic E-state index is -0.200. The number of nitrogens with one attached hydrogen (secondary N) is 3. The van der Waals surface area contributed by atoms with Gasteiger partial charge in [-0.3, -0.25) is 9.59 Å². The van der Waals surface area contributed by atoms with E-state index in [0.717, 1.165) is 22.0 Å². The summed E-state index contributed by atoms with van der Waals surface area (Å²) in [6.07, 6.45) is 2.10. The van der Waals surface area contributed by atoms with Crippen LogP contribution in [-0.4, -0.2) is 23.4 Å². The predicted octanol–water partition coefficient (Wildman–Crippen LogP) is 2.99. The zero-order valence-corrected chi connectivity index (χ0v) is 13.7. The Morgan fingerprint density at radius 2 is 2.12 bits per heavy atom. The smallest absolute Gasteiger partial charge is 0.262 e. The first-order chi connectivity index (χ1) is 12.1. The van der Waals surface area contributed by atoms with E-state index in [2.05, 4.69) is 15.6 Å². The monoisotopic (exact) mass is 335 g/mol. The van der Waals surface area contributed by atoms with Crippen molar-refractivity contribution in [3.05, 3.63) is 53.7 Å². The Morgan fingerprint density at radius 1 is 1.28 bits per heavy atom. The number of aromatic amines is 1. The van der Waals surface area contributed by atoms with Crippen LogP contribution < -0.4 is 15.4 Å². The molecule has 0 atom stereocenters. The van der Waals surface area contributed by atoms with Crippen molar-refractivity contribution in [2.45, 2.75) is 13.3 Å². The largest absolute Gasteiger partial charge is 0.479 e. The van der Waals surface area contributed by atoms with E-state index in [1.54, 1.807) is 0 Å². The Labute approximate surface area is 144 Å². The van der Waals surface area contributed by atoms with Crippen LogP contribution in [0.4, 0.5) is 11.4 Å². The maximum atomic E-state index is 12.5. The number of ether oxygens (including phenoxy) is 1. The molecule has 0 aliphatic carbocycles. The average molecular weight is 335 g/mol. The number of carbonyl (C=O) groups excluding carboxylic acids is 2. The van der Waals surface area contributed by atoms with Gasteiger partial charge in [-0.15, -0.1) is 0 Å². The molecule has 3 N–H and O–H groups in total. The standard InChI is InChI=1S/C19H17N3O3/c1-11-6-15(19-16(7-11)22-18(24)10-25-19)21-17(23)8-12-9-20-14-5-3-2-4-13(12)14/h2-7,9,20H,8,10H2,1H3,(H,21,23)(H,22,24). The second-order valence-electron chi connectivity index (χ2n) is 6.11. The molecule has 0 fully saturated rings. The van der Waals surface area contributed by atoms with Gasteiger partial charge in [-0.25, -0.2) is 0 Å². The van der Waals surface area contributed by atoms with E-state index in [4.69, 9.17) is 4.74 Å². The third-order valence-electron chi connectivity index (χ3n) is 4.15. The molecule has 2 amide bonds. The third kappa shape index (κ3) is 2.94. The first-order valence-corrected chi connectivity index (χ1v) is 8.02. The molecule has 0 spiro atoms. The van der Waals surface area contributed by atoms with Gasteiger partial charge < -0.3 is 20.4 Å². The van der Waals surface area contributed by atoms with Crippen molar-refractivity contribution in [2.75, 3.05) is 17.2 Å². The molecule has 0 bridgehead atoms. The van der Waals surface area contributed by atoms with Crippen LogP contribution >= 0.6 is 0 Å². The Morgan fingerprint density at radius 3 is 3.00 bits per heavy atom. The lowest BCUT2D eigenvalue weighted by atomic mass is 10.1. The molecule has 4 rings (SSSR count). The van der Waals surface area contributed by atoms with Gasteiger partial charge in [0.05, 0.1) is 17.8 Å². The minimum absolute atomic E-state index is 0.0542. The van der Waals surface area contributed by atoms with E-state index in [1.165, 1.54) is 0 Å². The van der Waals surface area contributed by atoms with E-state index in [0.29, 0.717) is 17.1 Å². The SMILES string of the molecule is Cc1cc2c(c(NC(=O)Cc3c[nH]c4ccccc34)c1)OCC(=O)N2. The van der Waals surface area contributed by atoms with Crippen LogP contribution in [0.5, 0.6) is 5.75 Å². The molecule has 126 valence electrons. The number of anilines is 2. The molecule has 0 saturated carbocycles. The van der Waals surface area contributed by atoms with Crippen LogP contribution in [0.2, 0.25) is 0 Å². The average Bonchev–Trinajstić information content (AvgIpc) is 2.97. The van der Waals surface area contributed by atoms with Gasteiger partial charge in [-0.05, 0) is 36.2 Å². The molecular weight excluding hydrogens is 318 g/mol. The molecular formula is C19H17N3O3. The molecule has 2 heterocycles. The van der Waals surface area contributed by atoms with Crippen LogP contribution in [0, 0.1) is 6.92 Å². The van der Waals surface area contributed by atoms with Crippen molar-refractivity contribution >= 4 is 34.1 Å². The summed E-state index contributed by atoms with van der Waals surface area (Å²) in [5, 5.41) is 6.70. The summed E-state index contributed by atoms with van der Waals surface area (Å²) in [4.78, 5) is 27.2. The third-order valence-corrected chi connectivity index (χ3v) is 4.15. The topological polar surface area (TPSA) is 83.2 Å². The second kappa shape index (κ2) is 5.98. The maximum absolute atomic E-state index is 12.5. The van der Waals surface area contributed by atoms with Crippen LogP contribution in [0.3, 0.4) is 0 Å². The lowest BCUT2D eigenvalue weighted by molar-refractivity contribution is -0.118. The first kappa shape index (κ1) is 15.3. The minimum Gasteiger partial charge on any atom is -0.479 e. The zero-order valence-electron chi connectivity index (χ0n) is 13.7. The molecule has 6 heteroatoms. The number of para-hydroxylation sites is 1. The lowest BCUT2D eigenvalue weighted by Gasteiger charge is -2.21. The Kier molecular flexibility index (Phi) is 3.65. The van der Waals surface area contributed by atoms with Gasteiger partial charge >= 0.3 is 0 Å². The van der Waals surface area contributed by atoms with E-state index >= 15 is 0 Å². The highest BCUT2D eigenvalue weighted by atomic mass is 16.5. The molecule has 1 aliphatic heterocycles. The number of carbonyl (C=O) groups is 2. The Balaban J connectivity index is 1.58. The number of benzene rings is 2. The number of aryl methyl sites for hydroxylation is 1. The summed E-state index contributed by atoms with van der Waals surface area (Å²) in [5.41, 5.74) is 4.01. The maximum Gasteiger partial charge on any atom is 0.262 e. The zero-order chi connectivity index (χ0) is 17.4. The van der Waals surface area contributed by atoms with Gasteiger partial charge in [-0.1, -0.05) is 18.2 Å². The summed E-state index contributed by atoms with van der Waals surface area (Å²) in [7, 11) is 0. The van der Waals surface area contributed by atoms with Gasteiger partial charge in [0.1, 0.15) is 0 Å². The number of fused-ring (bicyclic) bond motifs is 2. The molecule has 25 heavy (non-hydrogen) atoms. The highest BCUT2D eigenvalue weighted by Crippen LogP contribution is 2.37. The van der Waals surface area contributed by atoms with E-state index in [9.17, 15) is 9.59 Å². The number of rotatable bonds is 3. The summed E-state index contributed by atoms with van der Waals surface area (Å²) < 4.78 is 5.50. The van der Waals surface area contributed by atoms with Crippen LogP contribution in [0.15, 0.2) is 42.6 Å². The van der Waals surface area contributed by atoms with Crippen molar-refractivity contribution in [1.29, 1.82) is 0 Å². The normalized spacial score (nSPS) is 13.1. The summed E-state index contributed by atoms with van der Waals surface area (Å²) in [6, 6.07) is 11.5. The van der Waals surface area contributed by atoms with E-state index in [-0.39, 0.29) is 24.8 Å². The number of H-pyrrole nitrogens is 1. The van der Waals surface area contributed by atoms with Crippen LogP contribution in [0.1, 0.15) is 11.1 Å². The number of aromatic nitrogens is 1. The summed E-state index contributed by atoms with van der Waals surface area (Å²) in [5.74, 6) is 0.157. The van der Waals surface area contributed by atoms with Crippen molar-refractivity contribution < 1.29 is 14.3 Å². The highest BCUT2D eigenvalue weighted by Gasteiger charge is 2.21. The summed E-state index contributed by atoms with van der Waals surface area (Å²) in [6.45, 7) is 1.84. The Hall–Kier alpha value is -3.28. The lowest BCUT2D eigenvalue weighted by Crippen LogP contribution is -2.26. The molecule has 0 radical (unpaired) electrons. The Bertz CT molecular complexity index is 991. The van der Waals surface area contributed by atoms with Gasteiger partial charge in [0, 0.05) is 17.1 Å². The first-order valence-electron chi connectivity index (χ1n) is 8.02. The van der Waals surface area contributed by atoms with Gasteiger partial charge in [-0.2, -0.15) is 0 Å². The molecule has 1 aliphatic rings. The highest BCUT2D eigenvalue weighted by molar-refractivity contribution is 6.01. The second-order valence-corrected chi connectivity index (χ2v) is 6.11. The predicted molar refractivity (Wildman–Crippen MR) is 95.9 cm³/mol. The van der Waals surface area contributed by atoms with Gasteiger partial charge in [0.2, 0.25) is 5.91 Å². The fourth-order valence-electron chi connectivity index (χ4n) is 3.08. The van der Waals surface area contributed by atoms with E-state index < -0.39 is 0 Å². The molecule has 2 aromatic carbocycles. The number of hydrogen-bond acceptors (Lipinski definition) is 3. The number of amides is 2. The van der Waals surface area contributed by atoms with Crippen molar-refractivity contribution in [1.82, 2.24) is 4.98 Å². The van der Waals surface area contributed by atoms with E-state index in [1.807, 2.05) is 49.5 Å². The van der Waals surface area contributed by atoms with Gasteiger partial charge in [0.25, 0.3) is 5.91 Å². The van der Waals surface area contributed by atoms with Crippen molar-refractivity contribution in [3.8, 4) is 5.75 Å².